The second kappa shape index (κ2) is 4.30. The Labute approximate surface area is 95.6 Å². The second-order valence-corrected chi connectivity index (χ2v) is 3.32. The predicted octanol–water partition coefficient (Wildman–Crippen LogP) is 1.38. The fraction of sp³-hybridized carbons (Fsp3) is 0.100. The summed E-state index contributed by atoms with van der Waals surface area (Å²) in [5, 5.41) is 14.7. The zero-order chi connectivity index (χ0) is 12.4. The number of para-hydroxylation sites is 1. The van der Waals surface area contributed by atoms with Crippen LogP contribution in [0.3, 0.4) is 0 Å². The van der Waals surface area contributed by atoms with Crippen molar-refractivity contribution in [3.63, 3.8) is 0 Å². The van der Waals surface area contributed by atoms with Gasteiger partial charge >= 0.3 is 0 Å². The van der Waals surface area contributed by atoms with Gasteiger partial charge in [-0.3, -0.25) is 10.1 Å². The normalized spacial score (nSPS) is 10.5. The first-order valence-electron chi connectivity index (χ1n) is 4.81. The monoisotopic (exact) mass is 236 g/mol. The molecular formula is C10H9FN4O2. The number of halogens is 1. The Morgan fingerprint density at radius 2 is 2.24 bits per heavy atom. The van der Waals surface area contributed by atoms with Gasteiger partial charge < -0.3 is 5.73 Å². The lowest BCUT2D eigenvalue weighted by molar-refractivity contribution is -0.384. The molecule has 0 atom stereocenters. The van der Waals surface area contributed by atoms with Gasteiger partial charge in [-0.05, 0) is 12.1 Å². The van der Waals surface area contributed by atoms with Crippen molar-refractivity contribution in [1.29, 1.82) is 0 Å². The number of benzene rings is 1. The van der Waals surface area contributed by atoms with Gasteiger partial charge in [0.05, 0.1) is 10.6 Å². The van der Waals surface area contributed by atoms with Gasteiger partial charge in [0.2, 0.25) is 0 Å². The van der Waals surface area contributed by atoms with E-state index in [9.17, 15) is 14.5 Å². The molecule has 0 fully saturated rings. The fourth-order valence-corrected chi connectivity index (χ4v) is 1.47. The minimum atomic E-state index is -0.703. The minimum Gasteiger partial charge on any atom is -0.325 e. The van der Waals surface area contributed by atoms with E-state index >= 15 is 0 Å². The number of rotatable bonds is 3. The van der Waals surface area contributed by atoms with Crippen molar-refractivity contribution in [2.24, 2.45) is 5.73 Å². The maximum Gasteiger partial charge on any atom is 0.297 e. The average molecular weight is 236 g/mol. The Morgan fingerprint density at radius 3 is 2.82 bits per heavy atom. The number of nitro benzene ring substituents is 1. The van der Waals surface area contributed by atoms with Crippen LogP contribution < -0.4 is 5.73 Å². The lowest BCUT2D eigenvalue weighted by Crippen LogP contribution is -2.05. The van der Waals surface area contributed by atoms with Crippen molar-refractivity contribution in [2.45, 2.75) is 6.54 Å². The Bertz CT molecular complexity index is 567. The largest absolute Gasteiger partial charge is 0.325 e. The molecule has 0 bridgehead atoms. The second-order valence-electron chi connectivity index (χ2n) is 3.32. The van der Waals surface area contributed by atoms with E-state index in [4.69, 9.17) is 5.73 Å². The van der Waals surface area contributed by atoms with Crippen molar-refractivity contribution in [1.82, 2.24) is 9.78 Å². The summed E-state index contributed by atoms with van der Waals surface area (Å²) >= 11 is 0. The first kappa shape index (κ1) is 11.2. The maximum absolute atomic E-state index is 13.6. The van der Waals surface area contributed by atoms with E-state index in [0.717, 1.165) is 10.7 Å². The molecule has 0 unspecified atom stereocenters. The third-order valence-electron chi connectivity index (χ3n) is 2.24. The third kappa shape index (κ3) is 2.00. The third-order valence-corrected chi connectivity index (χ3v) is 2.24. The summed E-state index contributed by atoms with van der Waals surface area (Å²) in [6.45, 7) is 0.190. The van der Waals surface area contributed by atoms with E-state index in [0.29, 0.717) is 5.69 Å². The lowest BCUT2D eigenvalue weighted by atomic mass is 10.2. The zero-order valence-corrected chi connectivity index (χ0v) is 8.71. The van der Waals surface area contributed by atoms with Crippen molar-refractivity contribution in [3.05, 3.63) is 52.1 Å². The van der Waals surface area contributed by atoms with Gasteiger partial charge in [0, 0.05) is 18.8 Å². The van der Waals surface area contributed by atoms with Crippen LogP contribution >= 0.6 is 0 Å². The smallest absolute Gasteiger partial charge is 0.297 e. The SMILES string of the molecule is NCc1ccn(-c2c(F)cccc2[N+](=O)[O-])n1. The van der Waals surface area contributed by atoms with E-state index in [2.05, 4.69) is 5.10 Å². The molecule has 1 heterocycles. The number of nitrogens with zero attached hydrogens (tertiary/aromatic N) is 3. The summed E-state index contributed by atoms with van der Waals surface area (Å²) in [6, 6.07) is 5.23. The summed E-state index contributed by atoms with van der Waals surface area (Å²) in [4.78, 5) is 10.1. The standard InChI is InChI=1S/C10H9FN4O2/c11-8-2-1-3-9(15(16)17)10(8)14-5-4-7(6-12)13-14/h1-5H,6,12H2. The van der Waals surface area contributed by atoms with Crippen LogP contribution in [-0.4, -0.2) is 14.7 Å². The quantitative estimate of drug-likeness (QED) is 0.644. The Hall–Kier alpha value is -2.28. The molecular weight excluding hydrogens is 227 g/mol. The maximum atomic E-state index is 13.6. The van der Waals surface area contributed by atoms with Crippen LogP contribution in [0.5, 0.6) is 0 Å². The van der Waals surface area contributed by atoms with E-state index in [1.54, 1.807) is 6.07 Å². The van der Waals surface area contributed by atoms with Crippen molar-refractivity contribution in [3.8, 4) is 5.69 Å². The van der Waals surface area contributed by atoms with Crippen LogP contribution in [0.1, 0.15) is 5.69 Å². The van der Waals surface area contributed by atoms with E-state index in [-0.39, 0.29) is 17.9 Å². The first-order chi connectivity index (χ1) is 8.13. The van der Waals surface area contributed by atoms with Gasteiger partial charge in [-0.2, -0.15) is 5.10 Å². The Balaban J connectivity index is 2.61. The molecule has 0 radical (unpaired) electrons. The highest BCUT2D eigenvalue weighted by atomic mass is 19.1. The van der Waals surface area contributed by atoms with Crippen molar-refractivity contribution < 1.29 is 9.31 Å². The van der Waals surface area contributed by atoms with Gasteiger partial charge in [-0.15, -0.1) is 0 Å². The molecule has 2 aromatic rings. The highest BCUT2D eigenvalue weighted by Gasteiger charge is 2.20. The van der Waals surface area contributed by atoms with Crippen molar-refractivity contribution in [2.75, 3.05) is 0 Å². The Kier molecular flexibility index (Phi) is 2.84. The van der Waals surface area contributed by atoms with Crippen LogP contribution in [0.4, 0.5) is 10.1 Å². The summed E-state index contributed by atoms with van der Waals surface area (Å²) < 4.78 is 14.7. The van der Waals surface area contributed by atoms with Gasteiger partial charge in [0.15, 0.2) is 11.5 Å². The molecule has 7 heteroatoms. The van der Waals surface area contributed by atoms with Gasteiger partial charge in [-0.1, -0.05) is 6.07 Å². The van der Waals surface area contributed by atoms with E-state index in [1.807, 2.05) is 0 Å². The predicted molar refractivity (Wildman–Crippen MR) is 58.1 cm³/mol. The molecule has 6 nitrogen and oxygen atoms in total. The minimum absolute atomic E-state index is 0.183. The number of nitrogens with two attached hydrogens (primary N) is 1. The van der Waals surface area contributed by atoms with Crippen LogP contribution in [0, 0.1) is 15.9 Å². The molecule has 0 aliphatic rings. The zero-order valence-electron chi connectivity index (χ0n) is 8.71. The van der Waals surface area contributed by atoms with Gasteiger partial charge in [0.25, 0.3) is 5.69 Å². The van der Waals surface area contributed by atoms with Crippen LogP contribution in [0.2, 0.25) is 0 Å². The van der Waals surface area contributed by atoms with E-state index < -0.39 is 10.7 Å². The summed E-state index contributed by atoms with van der Waals surface area (Å²) in [5.41, 5.74) is 5.38. The van der Waals surface area contributed by atoms with Crippen LogP contribution in [-0.2, 0) is 6.54 Å². The number of nitro groups is 1. The number of aromatic nitrogens is 2. The van der Waals surface area contributed by atoms with Crippen molar-refractivity contribution >= 4 is 5.69 Å². The highest BCUT2D eigenvalue weighted by Crippen LogP contribution is 2.24. The van der Waals surface area contributed by atoms with Crippen LogP contribution in [0.15, 0.2) is 30.5 Å². The molecule has 0 saturated carbocycles. The van der Waals surface area contributed by atoms with E-state index in [1.165, 1.54) is 18.3 Å². The summed E-state index contributed by atoms with van der Waals surface area (Å²) in [6.07, 6.45) is 1.44. The summed E-state index contributed by atoms with van der Waals surface area (Å²) in [7, 11) is 0. The molecule has 0 aliphatic carbocycles. The van der Waals surface area contributed by atoms with Crippen LogP contribution in [0.25, 0.3) is 5.69 Å². The number of hydrogen-bond acceptors (Lipinski definition) is 4. The van der Waals surface area contributed by atoms with Gasteiger partial charge in [0.1, 0.15) is 0 Å². The molecule has 0 spiro atoms. The first-order valence-corrected chi connectivity index (χ1v) is 4.81. The highest BCUT2D eigenvalue weighted by molar-refractivity contribution is 5.52. The molecule has 2 N–H and O–H groups in total. The average Bonchev–Trinajstić information content (AvgIpc) is 2.76. The molecule has 0 saturated heterocycles. The molecule has 17 heavy (non-hydrogen) atoms. The Morgan fingerprint density at radius 1 is 1.47 bits per heavy atom. The van der Waals surface area contributed by atoms with Gasteiger partial charge in [-0.25, -0.2) is 9.07 Å². The molecule has 1 aromatic heterocycles. The molecule has 0 amide bonds. The molecule has 0 aliphatic heterocycles. The molecule has 88 valence electrons. The lowest BCUT2D eigenvalue weighted by Gasteiger charge is -2.03. The molecule has 2 rings (SSSR count). The number of hydrogen-bond donors (Lipinski definition) is 1. The fourth-order valence-electron chi connectivity index (χ4n) is 1.47. The topological polar surface area (TPSA) is 87.0 Å². The summed E-state index contributed by atoms with van der Waals surface area (Å²) in [5.74, 6) is -0.703. The molecule has 1 aromatic carbocycles.